The molecule has 1 saturated carbocycles. The van der Waals surface area contributed by atoms with Crippen LogP contribution in [0, 0.1) is 5.92 Å². The monoisotopic (exact) mass is 427 g/mol. The van der Waals surface area contributed by atoms with E-state index in [1.54, 1.807) is 11.3 Å². The maximum Gasteiger partial charge on any atom is 0.257 e. The van der Waals surface area contributed by atoms with Crippen molar-refractivity contribution in [1.82, 2.24) is 14.8 Å². The van der Waals surface area contributed by atoms with Crippen molar-refractivity contribution in [3.63, 3.8) is 0 Å². The number of hydrogen-bond acceptors (Lipinski definition) is 6. The number of para-hydroxylation sites is 2. The summed E-state index contributed by atoms with van der Waals surface area (Å²) in [5, 5.41) is 2.58. The molecule has 2 amide bonds. The molecule has 1 saturated heterocycles. The van der Waals surface area contributed by atoms with Gasteiger partial charge in [-0.3, -0.25) is 9.59 Å². The highest BCUT2D eigenvalue weighted by atomic mass is 32.2. The number of carbonyl (C=O) groups excluding carboxylic acids is 2. The highest BCUT2D eigenvalue weighted by Crippen LogP contribution is 2.50. The Morgan fingerprint density at radius 1 is 1.10 bits per heavy atom. The summed E-state index contributed by atoms with van der Waals surface area (Å²) >= 11 is 3.05. The first kappa shape index (κ1) is 18.7. The summed E-state index contributed by atoms with van der Waals surface area (Å²) in [5.41, 5.74) is 1.53. The fourth-order valence-electron chi connectivity index (χ4n) is 3.82. The van der Waals surface area contributed by atoms with Gasteiger partial charge in [-0.2, -0.15) is 0 Å². The summed E-state index contributed by atoms with van der Waals surface area (Å²) in [7, 11) is 0. The first-order valence-electron chi connectivity index (χ1n) is 9.77. The lowest BCUT2D eigenvalue weighted by Gasteiger charge is -2.35. The van der Waals surface area contributed by atoms with Gasteiger partial charge in [0.25, 0.3) is 5.22 Å². The maximum atomic E-state index is 12.7. The van der Waals surface area contributed by atoms with Crippen molar-refractivity contribution in [2.45, 2.75) is 17.6 Å². The Kier molecular flexibility index (Phi) is 5.05. The summed E-state index contributed by atoms with van der Waals surface area (Å²) in [6, 6.07) is 11.7. The Morgan fingerprint density at radius 3 is 2.66 bits per heavy atom. The molecule has 3 heterocycles. The normalized spacial score (nSPS) is 21.5. The van der Waals surface area contributed by atoms with Gasteiger partial charge in [0.2, 0.25) is 11.8 Å². The van der Waals surface area contributed by atoms with Crippen LogP contribution < -0.4 is 0 Å². The summed E-state index contributed by atoms with van der Waals surface area (Å²) in [5.74, 6) is 1.13. The molecule has 0 radical (unpaired) electrons. The van der Waals surface area contributed by atoms with Crippen molar-refractivity contribution in [2.24, 2.45) is 5.92 Å². The van der Waals surface area contributed by atoms with Gasteiger partial charge in [0, 0.05) is 42.9 Å². The molecule has 29 heavy (non-hydrogen) atoms. The van der Waals surface area contributed by atoms with Crippen LogP contribution in [0.3, 0.4) is 0 Å². The van der Waals surface area contributed by atoms with E-state index >= 15 is 0 Å². The lowest BCUT2D eigenvalue weighted by molar-refractivity contribution is -0.139. The smallest absolute Gasteiger partial charge is 0.257 e. The lowest BCUT2D eigenvalue weighted by atomic mass is 10.2. The zero-order valence-corrected chi connectivity index (χ0v) is 17.5. The number of thiophene rings is 1. The van der Waals surface area contributed by atoms with Crippen molar-refractivity contribution in [1.29, 1.82) is 0 Å². The van der Waals surface area contributed by atoms with Gasteiger partial charge in [-0.25, -0.2) is 4.98 Å². The van der Waals surface area contributed by atoms with E-state index in [4.69, 9.17) is 4.42 Å². The summed E-state index contributed by atoms with van der Waals surface area (Å²) in [4.78, 5) is 34.8. The van der Waals surface area contributed by atoms with Crippen LogP contribution in [0.5, 0.6) is 0 Å². The second-order valence-electron chi connectivity index (χ2n) is 7.41. The number of rotatable bonds is 5. The molecule has 0 bridgehead atoms. The molecule has 1 aromatic carbocycles. The first-order chi connectivity index (χ1) is 14.2. The molecule has 3 aromatic rings. The average molecular weight is 428 g/mol. The summed E-state index contributed by atoms with van der Waals surface area (Å²) < 4.78 is 5.66. The Bertz CT molecular complexity index is 992. The van der Waals surface area contributed by atoms with Crippen LogP contribution in [0.2, 0.25) is 0 Å². The SMILES string of the molecule is O=C(CSc1nc2ccccc2o1)N1CCN(C(=O)[C@H]2C[C@H]2c2cccs2)CC1. The number of piperazine rings is 1. The third-order valence-electron chi connectivity index (χ3n) is 5.55. The van der Waals surface area contributed by atoms with Gasteiger partial charge in [-0.1, -0.05) is 30.0 Å². The first-order valence-corrected chi connectivity index (χ1v) is 11.6. The molecule has 2 aliphatic rings. The van der Waals surface area contributed by atoms with Gasteiger partial charge < -0.3 is 14.2 Å². The standard InChI is InChI=1S/C21H21N3O3S2/c25-19(13-29-21-22-16-4-1-2-5-17(16)27-21)23-7-9-24(10-8-23)20(26)15-12-14(15)18-6-3-11-28-18/h1-6,11,14-15H,7-10,12-13H2/t14-,15+/m1/s1. The second kappa shape index (κ2) is 7.84. The van der Waals surface area contributed by atoms with Crippen LogP contribution >= 0.6 is 23.1 Å². The lowest BCUT2D eigenvalue weighted by Crippen LogP contribution is -2.51. The van der Waals surface area contributed by atoms with E-state index in [-0.39, 0.29) is 17.7 Å². The van der Waals surface area contributed by atoms with E-state index in [1.807, 2.05) is 40.1 Å². The van der Waals surface area contributed by atoms with Crippen LogP contribution in [-0.2, 0) is 9.59 Å². The number of benzene rings is 1. The zero-order chi connectivity index (χ0) is 19.8. The minimum atomic E-state index is 0.0623. The van der Waals surface area contributed by atoms with Gasteiger partial charge in [0.1, 0.15) is 5.52 Å². The van der Waals surface area contributed by atoms with E-state index in [0.29, 0.717) is 43.1 Å². The maximum absolute atomic E-state index is 12.7. The minimum Gasteiger partial charge on any atom is -0.431 e. The van der Waals surface area contributed by atoms with Crippen LogP contribution in [0.25, 0.3) is 11.1 Å². The largest absolute Gasteiger partial charge is 0.431 e. The molecule has 2 atom stereocenters. The molecule has 0 spiro atoms. The predicted molar refractivity (Wildman–Crippen MR) is 113 cm³/mol. The Labute approximate surface area is 176 Å². The van der Waals surface area contributed by atoms with Gasteiger partial charge in [0.15, 0.2) is 5.58 Å². The molecular weight excluding hydrogens is 406 g/mol. The van der Waals surface area contributed by atoms with Crippen LogP contribution in [0.1, 0.15) is 17.2 Å². The van der Waals surface area contributed by atoms with Crippen LogP contribution in [0.4, 0.5) is 0 Å². The van der Waals surface area contributed by atoms with Gasteiger partial charge in [-0.15, -0.1) is 11.3 Å². The van der Waals surface area contributed by atoms with Crippen molar-refractivity contribution in [3.8, 4) is 0 Å². The molecular formula is C21H21N3O3S2. The Morgan fingerprint density at radius 2 is 1.90 bits per heavy atom. The molecule has 0 unspecified atom stereocenters. The van der Waals surface area contributed by atoms with Gasteiger partial charge >= 0.3 is 0 Å². The third-order valence-corrected chi connectivity index (χ3v) is 7.37. The zero-order valence-electron chi connectivity index (χ0n) is 15.8. The fourth-order valence-corrected chi connectivity index (χ4v) is 5.47. The number of nitrogens with zero attached hydrogens (tertiary/aromatic N) is 3. The Balaban J connectivity index is 1.10. The molecule has 1 aliphatic carbocycles. The number of oxazole rings is 1. The number of carbonyl (C=O) groups is 2. The van der Waals surface area contributed by atoms with Gasteiger partial charge in [-0.05, 0) is 30.0 Å². The van der Waals surface area contributed by atoms with Crippen molar-refractivity contribution in [2.75, 3.05) is 31.9 Å². The number of thioether (sulfide) groups is 1. The molecule has 8 heteroatoms. The molecule has 2 aromatic heterocycles. The average Bonchev–Trinajstić information content (AvgIpc) is 3.16. The van der Waals surface area contributed by atoms with E-state index in [0.717, 1.165) is 17.5 Å². The summed E-state index contributed by atoms with van der Waals surface area (Å²) in [6.45, 7) is 2.42. The highest BCUT2D eigenvalue weighted by molar-refractivity contribution is 7.99. The summed E-state index contributed by atoms with van der Waals surface area (Å²) in [6.07, 6.45) is 0.958. The number of fused-ring (bicyclic) bond motifs is 1. The van der Waals surface area contributed by atoms with Crippen molar-refractivity contribution in [3.05, 3.63) is 46.7 Å². The van der Waals surface area contributed by atoms with E-state index < -0.39 is 0 Å². The van der Waals surface area contributed by atoms with Crippen LogP contribution in [0.15, 0.2) is 51.4 Å². The highest BCUT2D eigenvalue weighted by Gasteiger charge is 2.46. The second-order valence-corrected chi connectivity index (χ2v) is 9.31. The molecule has 0 N–H and O–H groups in total. The molecule has 2 fully saturated rings. The molecule has 150 valence electrons. The molecule has 1 aliphatic heterocycles. The minimum absolute atomic E-state index is 0.0623. The fraction of sp³-hybridized carbons (Fsp3) is 0.381. The van der Waals surface area contributed by atoms with E-state index in [9.17, 15) is 9.59 Å². The van der Waals surface area contributed by atoms with Gasteiger partial charge in [0.05, 0.1) is 5.75 Å². The molecule has 5 rings (SSSR count). The van der Waals surface area contributed by atoms with Crippen molar-refractivity contribution >= 4 is 46.0 Å². The predicted octanol–water partition coefficient (Wildman–Crippen LogP) is 3.46. The number of aromatic nitrogens is 1. The quantitative estimate of drug-likeness (QED) is 0.584. The molecule has 6 nitrogen and oxygen atoms in total. The number of hydrogen-bond donors (Lipinski definition) is 0. The number of amides is 2. The Hall–Kier alpha value is -2.32. The van der Waals surface area contributed by atoms with E-state index in [2.05, 4.69) is 16.4 Å². The third kappa shape index (κ3) is 3.91. The van der Waals surface area contributed by atoms with Crippen molar-refractivity contribution < 1.29 is 14.0 Å². The van der Waals surface area contributed by atoms with E-state index in [1.165, 1.54) is 16.6 Å². The van der Waals surface area contributed by atoms with Crippen LogP contribution in [-0.4, -0.2) is 58.5 Å². The topological polar surface area (TPSA) is 66.7 Å².